The van der Waals surface area contributed by atoms with Gasteiger partial charge in [-0.25, -0.2) is 4.98 Å². The van der Waals surface area contributed by atoms with Crippen LogP contribution in [-0.2, 0) is 0 Å². The third-order valence-corrected chi connectivity index (χ3v) is 3.56. The van der Waals surface area contributed by atoms with Gasteiger partial charge in [0.05, 0.1) is 14.2 Å². The van der Waals surface area contributed by atoms with Gasteiger partial charge in [0, 0.05) is 24.1 Å². The van der Waals surface area contributed by atoms with Gasteiger partial charge in [-0.3, -0.25) is 14.9 Å². The Morgan fingerprint density at radius 3 is 2.27 bits per heavy atom. The molecule has 0 fully saturated rings. The molecule has 0 aliphatic heterocycles. The van der Waals surface area contributed by atoms with Crippen LogP contribution >= 0.6 is 11.3 Å². The van der Waals surface area contributed by atoms with Crippen molar-refractivity contribution in [1.82, 2.24) is 10.3 Å². The molecule has 0 unspecified atom stereocenters. The topological polar surface area (TPSA) is 89.6 Å². The molecule has 0 radical (unpaired) electrons. The number of carbonyl (C=O) groups is 2. The molecule has 1 heterocycles. The Labute approximate surface area is 131 Å². The fourth-order valence-electron chi connectivity index (χ4n) is 1.67. The molecule has 0 spiro atoms. The van der Waals surface area contributed by atoms with Crippen molar-refractivity contribution in [2.24, 2.45) is 0 Å². The highest BCUT2D eigenvalue weighted by Gasteiger charge is 2.14. The van der Waals surface area contributed by atoms with Gasteiger partial charge in [-0.05, 0) is 12.1 Å². The normalized spacial score (nSPS) is 9.95. The number of nitrogens with zero attached hydrogens (tertiary/aromatic N) is 1. The van der Waals surface area contributed by atoms with E-state index in [0.717, 1.165) is 0 Å². The standard InChI is InChI=1S/C14H15N3O4S/c1-15-13(19)11-7-22-14(16-11)17-12(18)8-4-9(20-2)6-10(5-8)21-3/h4-7H,1-3H3,(H,15,19)(H,16,17,18). The smallest absolute Gasteiger partial charge is 0.270 e. The van der Waals surface area contributed by atoms with Gasteiger partial charge in [0.2, 0.25) is 0 Å². The molecule has 116 valence electrons. The summed E-state index contributed by atoms with van der Waals surface area (Å²) in [5.41, 5.74) is 0.624. The number of carbonyl (C=O) groups excluding carboxylic acids is 2. The van der Waals surface area contributed by atoms with E-state index in [2.05, 4.69) is 15.6 Å². The molecule has 2 rings (SSSR count). The molecule has 0 saturated carbocycles. The molecule has 1 aromatic heterocycles. The number of thiazole rings is 1. The summed E-state index contributed by atoms with van der Waals surface area (Å²) in [5.74, 6) is 0.346. The summed E-state index contributed by atoms with van der Waals surface area (Å²) in [7, 11) is 4.53. The Morgan fingerprint density at radius 2 is 1.73 bits per heavy atom. The van der Waals surface area contributed by atoms with Gasteiger partial charge in [-0.15, -0.1) is 11.3 Å². The Morgan fingerprint density at radius 1 is 1.09 bits per heavy atom. The van der Waals surface area contributed by atoms with Crippen molar-refractivity contribution in [2.45, 2.75) is 0 Å². The lowest BCUT2D eigenvalue weighted by Crippen LogP contribution is -2.18. The van der Waals surface area contributed by atoms with Crippen molar-refractivity contribution < 1.29 is 19.1 Å². The maximum Gasteiger partial charge on any atom is 0.270 e. The number of ether oxygens (including phenoxy) is 2. The van der Waals surface area contributed by atoms with Gasteiger partial charge in [-0.2, -0.15) is 0 Å². The Balaban J connectivity index is 2.18. The molecule has 2 amide bonds. The van der Waals surface area contributed by atoms with Crippen LogP contribution in [0.1, 0.15) is 20.8 Å². The first-order valence-electron chi connectivity index (χ1n) is 6.29. The van der Waals surface area contributed by atoms with Gasteiger partial charge in [0.25, 0.3) is 11.8 Å². The van der Waals surface area contributed by atoms with Crippen molar-refractivity contribution >= 4 is 28.3 Å². The molecule has 0 atom stereocenters. The van der Waals surface area contributed by atoms with E-state index in [-0.39, 0.29) is 17.5 Å². The fraction of sp³-hybridized carbons (Fsp3) is 0.214. The third-order valence-electron chi connectivity index (χ3n) is 2.80. The number of rotatable bonds is 5. The van der Waals surface area contributed by atoms with Crippen LogP contribution in [0, 0.1) is 0 Å². The predicted octanol–water partition coefficient (Wildman–Crippen LogP) is 1.77. The SMILES string of the molecule is CNC(=O)c1csc(NC(=O)c2cc(OC)cc(OC)c2)n1. The number of nitrogens with one attached hydrogen (secondary N) is 2. The summed E-state index contributed by atoms with van der Waals surface area (Å²) in [5, 5.41) is 7.02. The van der Waals surface area contributed by atoms with Crippen LogP contribution in [0.15, 0.2) is 23.6 Å². The van der Waals surface area contributed by atoms with Crippen LogP contribution < -0.4 is 20.1 Å². The third kappa shape index (κ3) is 3.53. The largest absolute Gasteiger partial charge is 0.497 e. The molecular formula is C14H15N3O4S. The van der Waals surface area contributed by atoms with E-state index >= 15 is 0 Å². The highest BCUT2D eigenvalue weighted by atomic mass is 32.1. The summed E-state index contributed by atoms with van der Waals surface area (Å²) in [6, 6.07) is 4.85. The Bertz CT molecular complexity index is 677. The highest BCUT2D eigenvalue weighted by molar-refractivity contribution is 7.14. The van der Waals surface area contributed by atoms with Crippen LogP contribution in [0.5, 0.6) is 11.5 Å². The minimum absolute atomic E-state index is 0.256. The van der Waals surface area contributed by atoms with Gasteiger partial charge >= 0.3 is 0 Å². The molecule has 22 heavy (non-hydrogen) atoms. The lowest BCUT2D eigenvalue weighted by atomic mass is 10.2. The van der Waals surface area contributed by atoms with Crippen LogP contribution in [0.4, 0.5) is 5.13 Å². The number of amides is 2. The number of benzene rings is 1. The zero-order chi connectivity index (χ0) is 16.1. The summed E-state index contributed by atoms with van der Waals surface area (Å²) in [4.78, 5) is 27.7. The van der Waals surface area contributed by atoms with E-state index in [9.17, 15) is 9.59 Å². The molecule has 0 saturated heterocycles. The van der Waals surface area contributed by atoms with E-state index in [4.69, 9.17) is 9.47 Å². The molecule has 0 aliphatic rings. The molecule has 1 aromatic carbocycles. The molecule has 0 aliphatic carbocycles. The van der Waals surface area contributed by atoms with Gasteiger partial charge in [-0.1, -0.05) is 0 Å². The van der Waals surface area contributed by atoms with Crippen molar-refractivity contribution in [3.05, 3.63) is 34.8 Å². The number of anilines is 1. The molecule has 2 N–H and O–H groups in total. The molecule has 2 aromatic rings. The quantitative estimate of drug-likeness (QED) is 0.876. The van der Waals surface area contributed by atoms with Gasteiger partial charge in [0.1, 0.15) is 17.2 Å². The summed E-state index contributed by atoms with van der Waals surface area (Å²) in [6.45, 7) is 0. The van der Waals surface area contributed by atoms with Crippen LogP contribution in [0.2, 0.25) is 0 Å². The van der Waals surface area contributed by atoms with Gasteiger partial charge < -0.3 is 14.8 Å². The summed E-state index contributed by atoms with van der Waals surface area (Å²) < 4.78 is 10.2. The number of methoxy groups -OCH3 is 2. The second-order valence-electron chi connectivity index (χ2n) is 4.17. The summed E-state index contributed by atoms with van der Waals surface area (Å²) >= 11 is 1.17. The Hall–Kier alpha value is -2.61. The summed E-state index contributed by atoms with van der Waals surface area (Å²) in [6.07, 6.45) is 0. The van der Waals surface area contributed by atoms with E-state index in [1.807, 2.05) is 0 Å². The lowest BCUT2D eigenvalue weighted by Gasteiger charge is -2.08. The number of hydrogen-bond acceptors (Lipinski definition) is 6. The first-order chi connectivity index (χ1) is 10.6. The second kappa shape index (κ2) is 6.90. The zero-order valence-corrected chi connectivity index (χ0v) is 13.1. The van der Waals surface area contributed by atoms with Crippen LogP contribution in [0.3, 0.4) is 0 Å². The predicted molar refractivity (Wildman–Crippen MR) is 83.0 cm³/mol. The van der Waals surface area contributed by atoms with Crippen molar-refractivity contribution in [3.8, 4) is 11.5 Å². The van der Waals surface area contributed by atoms with E-state index in [0.29, 0.717) is 22.2 Å². The minimum Gasteiger partial charge on any atom is -0.497 e. The molecular weight excluding hydrogens is 306 g/mol. The van der Waals surface area contributed by atoms with Crippen molar-refractivity contribution in [2.75, 3.05) is 26.6 Å². The first-order valence-corrected chi connectivity index (χ1v) is 7.17. The average molecular weight is 321 g/mol. The first kappa shape index (κ1) is 15.8. The van der Waals surface area contributed by atoms with Gasteiger partial charge in [0.15, 0.2) is 5.13 Å². The Kier molecular flexibility index (Phi) is 4.95. The van der Waals surface area contributed by atoms with Crippen LogP contribution in [-0.4, -0.2) is 38.1 Å². The second-order valence-corrected chi connectivity index (χ2v) is 5.03. The molecule has 0 bridgehead atoms. The van der Waals surface area contributed by atoms with E-state index < -0.39 is 0 Å². The monoisotopic (exact) mass is 321 g/mol. The van der Waals surface area contributed by atoms with E-state index in [1.165, 1.54) is 32.6 Å². The lowest BCUT2D eigenvalue weighted by molar-refractivity contribution is 0.0957. The average Bonchev–Trinajstić information content (AvgIpc) is 3.01. The maximum absolute atomic E-state index is 12.2. The maximum atomic E-state index is 12.2. The fourth-order valence-corrected chi connectivity index (χ4v) is 2.36. The molecule has 8 heteroatoms. The minimum atomic E-state index is -0.366. The van der Waals surface area contributed by atoms with Crippen molar-refractivity contribution in [1.29, 1.82) is 0 Å². The molecule has 7 nitrogen and oxygen atoms in total. The van der Waals surface area contributed by atoms with Crippen LogP contribution in [0.25, 0.3) is 0 Å². The van der Waals surface area contributed by atoms with Crippen molar-refractivity contribution in [3.63, 3.8) is 0 Å². The van der Waals surface area contributed by atoms with E-state index in [1.54, 1.807) is 23.6 Å². The highest BCUT2D eigenvalue weighted by Crippen LogP contribution is 2.24. The number of aromatic nitrogens is 1. The zero-order valence-electron chi connectivity index (χ0n) is 12.3. The number of hydrogen-bond donors (Lipinski definition) is 2.